The van der Waals surface area contributed by atoms with Crippen LogP contribution in [0.3, 0.4) is 0 Å². The molecule has 0 radical (unpaired) electrons. The standard InChI is InChI=1S/C25H42O/c1-5-7-9-11-21-17-19(3)13-15-23(21)25(26)24-16-14-20(4)18-22(24)12-10-8-6-2/h17-18,21-24H,5-16H2,1-4H3. The molecule has 2 aliphatic rings. The monoisotopic (exact) mass is 358 g/mol. The summed E-state index contributed by atoms with van der Waals surface area (Å²) in [6.07, 6.45) is 19.5. The van der Waals surface area contributed by atoms with Gasteiger partial charge in [-0.05, 0) is 64.2 Å². The zero-order chi connectivity index (χ0) is 18.9. The summed E-state index contributed by atoms with van der Waals surface area (Å²) in [5, 5.41) is 0. The lowest BCUT2D eigenvalue weighted by Gasteiger charge is -2.35. The molecule has 148 valence electrons. The number of hydrogen-bond acceptors (Lipinski definition) is 1. The van der Waals surface area contributed by atoms with Gasteiger partial charge >= 0.3 is 0 Å². The number of carbonyl (C=O) groups is 1. The number of Topliss-reactive ketones (excluding diaryl/α,β-unsaturated/α-hetero) is 1. The molecule has 0 aromatic rings. The summed E-state index contributed by atoms with van der Waals surface area (Å²) < 4.78 is 0. The first-order valence-electron chi connectivity index (χ1n) is 11.4. The Bertz CT molecular complexity index is 454. The van der Waals surface area contributed by atoms with Gasteiger partial charge in [0.15, 0.2) is 0 Å². The van der Waals surface area contributed by atoms with Crippen molar-refractivity contribution in [3.05, 3.63) is 23.3 Å². The summed E-state index contributed by atoms with van der Waals surface area (Å²) in [6, 6.07) is 0. The van der Waals surface area contributed by atoms with E-state index in [-0.39, 0.29) is 0 Å². The van der Waals surface area contributed by atoms with Crippen LogP contribution in [0.2, 0.25) is 0 Å². The molecule has 0 amide bonds. The van der Waals surface area contributed by atoms with Crippen molar-refractivity contribution in [1.29, 1.82) is 0 Å². The summed E-state index contributed by atoms with van der Waals surface area (Å²) in [6.45, 7) is 9.05. The highest BCUT2D eigenvalue weighted by molar-refractivity contribution is 5.85. The van der Waals surface area contributed by atoms with Crippen molar-refractivity contribution < 1.29 is 4.79 Å². The topological polar surface area (TPSA) is 17.1 Å². The van der Waals surface area contributed by atoms with Crippen molar-refractivity contribution in [1.82, 2.24) is 0 Å². The Morgan fingerprint density at radius 1 is 0.808 bits per heavy atom. The van der Waals surface area contributed by atoms with Crippen LogP contribution >= 0.6 is 0 Å². The Kier molecular flexibility index (Phi) is 9.16. The van der Waals surface area contributed by atoms with Crippen LogP contribution in [0.1, 0.15) is 105 Å². The third-order valence-corrected chi connectivity index (χ3v) is 6.74. The largest absolute Gasteiger partial charge is 0.299 e. The molecule has 0 aromatic carbocycles. The SMILES string of the molecule is CCCCCC1C=C(C)CCC1C(=O)C1CCC(C)=CC1CCCCC. The van der Waals surface area contributed by atoms with Gasteiger partial charge < -0.3 is 0 Å². The van der Waals surface area contributed by atoms with E-state index >= 15 is 0 Å². The highest BCUT2D eigenvalue weighted by Crippen LogP contribution is 2.40. The van der Waals surface area contributed by atoms with E-state index in [1.54, 1.807) is 0 Å². The van der Waals surface area contributed by atoms with Crippen molar-refractivity contribution in [2.24, 2.45) is 23.7 Å². The van der Waals surface area contributed by atoms with Gasteiger partial charge in [-0.1, -0.05) is 75.7 Å². The smallest absolute Gasteiger partial charge is 0.140 e. The highest BCUT2D eigenvalue weighted by Gasteiger charge is 2.37. The highest BCUT2D eigenvalue weighted by atomic mass is 16.1. The maximum absolute atomic E-state index is 13.6. The van der Waals surface area contributed by atoms with Crippen LogP contribution in [0.25, 0.3) is 0 Å². The van der Waals surface area contributed by atoms with Gasteiger partial charge in [0, 0.05) is 11.8 Å². The Balaban J connectivity index is 2.07. The summed E-state index contributed by atoms with van der Waals surface area (Å²) in [5.74, 6) is 2.21. The molecule has 1 heteroatoms. The van der Waals surface area contributed by atoms with Crippen LogP contribution in [-0.4, -0.2) is 5.78 Å². The van der Waals surface area contributed by atoms with Gasteiger partial charge in [0.25, 0.3) is 0 Å². The van der Waals surface area contributed by atoms with Crippen molar-refractivity contribution in [3.8, 4) is 0 Å². The molecule has 0 fully saturated rings. The molecular weight excluding hydrogens is 316 g/mol. The molecule has 0 aromatic heterocycles. The van der Waals surface area contributed by atoms with Crippen LogP contribution in [0.4, 0.5) is 0 Å². The molecular formula is C25H42O. The third-order valence-electron chi connectivity index (χ3n) is 6.74. The molecule has 0 heterocycles. The summed E-state index contributed by atoms with van der Waals surface area (Å²) in [4.78, 5) is 13.6. The first-order valence-corrected chi connectivity index (χ1v) is 11.4. The second kappa shape index (κ2) is 11.1. The molecule has 4 atom stereocenters. The first kappa shape index (κ1) is 21.5. The van der Waals surface area contributed by atoms with Gasteiger partial charge in [-0.3, -0.25) is 4.79 Å². The van der Waals surface area contributed by atoms with Crippen LogP contribution < -0.4 is 0 Å². The Morgan fingerprint density at radius 3 is 1.62 bits per heavy atom. The van der Waals surface area contributed by atoms with E-state index < -0.39 is 0 Å². The van der Waals surface area contributed by atoms with E-state index in [2.05, 4.69) is 39.8 Å². The summed E-state index contributed by atoms with van der Waals surface area (Å²) in [7, 11) is 0. The Hall–Kier alpha value is -0.850. The van der Waals surface area contributed by atoms with Gasteiger partial charge in [0.1, 0.15) is 5.78 Å². The number of hydrogen-bond donors (Lipinski definition) is 0. The maximum Gasteiger partial charge on any atom is 0.140 e. The summed E-state index contributed by atoms with van der Waals surface area (Å²) >= 11 is 0. The minimum absolute atomic E-state index is 0.293. The van der Waals surface area contributed by atoms with E-state index in [9.17, 15) is 4.79 Å². The van der Waals surface area contributed by atoms with E-state index in [1.807, 2.05) is 0 Å². The quantitative estimate of drug-likeness (QED) is 0.289. The molecule has 0 N–H and O–H groups in total. The lowest BCUT2D eigenvalue weighted by Crippen LogP contribution is -2.35. The number of unbranched alkanes of at least 4 members (excludes halogenated alkanes) is 4. The molecule has 0 aliphatic heterocycles. The van der Waals surface area contributed by atoms with Crippen LogP contribution in [0.5, 0.6) is 0 Å². The van der Waals surface area contributed by atoms with Crippen LogP contribution in [0.15, 0.2) is 23.3 Å². The average molecular weight is 359 g/mol. The number of ketones is 1. The zero-order valence-electron chi connectivity index (χ0n) is 17.9. The van der Waals surface area contributed by atoms with E-state index in [1.165, 1.54) is 62.5 Å². The number of rotatable bonds is 10. The molecule has 0 bridgehead atoms. The fourth-order valence-electron chi connectivity index (χ4n) is 5.13. The Labute approximate surface area is 162 Å². The van der Waals surface area contributed by atoms with E-state index in [4.69, 9.17) is 0 Å². The normalized spacial score (nSPS) is 29.2. The van der Waals surface area contributed by atoms with E-state index in [0.29, 0.717) is 29.5 Å². The molecule has 2 rings (SSSR count). The third kappa shape index (κ3) is 6.10. The molecule has 1 nitrogen and oxygen atoms in total. The average Bonchev–Trinajstić information content (AvgIpc) is 2.62. The molecule has 0 saturated heterocycles. The lowest BCUT2D eigenvalue weighted by molar-refractivity contribution is -0.130. The van der Waals surface area contributed by atoms with E-state index in [0.717, 1.165) is 25.7 Å². The van der Waals surface area contributed by atoms with Crippen molar-refractivity contribution in [3.63, 3.8) is 0 Å². The minimum Gasteiger partial charge on any atom is -0.299 e. The van der Waals surface area contributed by atoms with Gasteiger partial charge in [-0.15, -0.1) is 0 Å². The molecule has 2 aliphatic carbocycles. The summed E-state index contributed by atoms with van der Waals surface area (Å²) in [5.41, 5.74) is 3.02. The molecule has 0 spiro atoms. The minimum atomic E-state index is 0.293. The maximum atomic E-state index is 13.6. The van der Waals surface area contributed by atoms with Crippen molar-refractivity contribution in [2.75, 3.05) is 0 Å². The van der Waals surface area contributed by atoms with Crippen LogP contribution in [-0.2, 0) is 4.79 Å². The van der Waals surface area contributed by atoms with Crippen molar-refractivity contribution in [2.45, 2.75) is 105 Å². The predicted octanol–water partition coefficient (Wildman–Crippen LogP) is 7.66. The van der Waals surface area contributed by atoms with Gasteiger partial charge in [-0.25, -0.2) is 0 Å². The molecule has 26 heavy (non-hydrogen) atoms. The second-order valence-corrected chi connectivity index (χ2v) is 9.04. The van der Waals surface area contributed by atoms with Gasteiger partial charge in [0.05, 0.1) is 0 Å². The first-order chi connectivity index (χ1) is 12.6. The van der Waals surface area contributed by atoms with Crippen LogP contribution in [0, 0.1) is 23.7 Å². The molecule has 4 unspecified atom stereocenters. The van der Waals surface area contributed by atoms with Gasteiger partial charge in [0.2, 0.25) is 0 Å². The van der Waals surface area contributed by atoms with Crippen molar-refractivity contribution >= 4 is 5.78 Å². The fourth-order valence-corrected chi connectivity index (χ4v) is 5.13. The number of allylic oxidation sites excluding steroid dienone is 4. The molecule has 0 saturated carbocycles. The second-order valence-electron chi connectivity index (χ2n) is 9.04. The van der Waals surface area contributed by atoms with Gasteiger partial charge in [-0.2, -0.15) is 0 Å². The fraction of sp³-hybridized carbons (Fsp3) is 0.800. The zero-order valence-corrected chi connectivity index (χ0v) is 17.9. The predicted molar refractivity (Wildman–Crippen MR) is 113 cm³/mol. The lowest BCUT2D eigenvalue weighted by atomic mass is 9.68. The Morgan fingerprint density at radius 2 is 1.23 bits per heavy atom. The number of carbonyl (C=O) groups excluding carboxylic acids is 1.